The fourth-order valence-corrected chi connectivity index (χ4v) is 7.30. The Bertz CT molecular complexity index is 422. The molecule has 0 aliphatic heterocycles. The minimum Gasteiger partial charge on any atom is -0.390 e. The largest absolute Gasteiger partial charge is 0.390 e. The summed E-state index contributed by atoms with van der Waals surface area (Å²) in [6.45, 7) is 4.90. The van der Waals surface area contributed by atoms with Crippen LogP contribution < -0.4 is 0 Å². The summed E-state index contributed by atoms with van der Waals surface area (Å²) in [4.78, 5) is 0. The molecule has 0 spiro atoms. The second kappa shape index (κ2) is 4.71. The molecule has 4 saturated carbocycles. The van der Waals surface area contributed by atoms with Crippen molar-refractivity contribution in [2.45, 2.75) is 83.8 Å². The molecular weight excluding hydrogens is 260 g/mol. The highest BCUT2D eigenvalue weighted by Gasteiger charge is 2.62. The van der Waals surface area contributed by atoms with Gasteiger partial charge in [-0.15, -0.1) is 0 Å². The molecule has 0 bridgehead atoms. The lowest BCUT2D eigenvalue weighted by molar-refractivity contribution is -0.211. The summed E-state index contributed by atoms with van der Waals surface area (Å²) in [5.41, 5.74) is 0.727. The molecule has 2 N–H and O–H groups in total. The predicted octanol–water partition coefficient (Wildman–Crippen LogP) is 3.75. The Morgan fingerprint density at radius 2 is 1.48 bits per heavy atom. The third-order valence-electron chi connectivity index (χ3n) is 8.45. The molecule has 1 unspecified atom stereocenters. The van der Waals surface area contributed by atoms with Gasteiger partial charge in [0.15, 0.2) is 0 Å². The number of rotatable bonds is 0. The van der Waals surface area contributed by atoms with E-state index in [0.29, 0.717) is 29.1 Å². The van der Waals surface area contributed by atoms with E-state index in [0.717, 1.165) is 6.42 Å². The molecule has 0 radical (unpaired) electrons. The monoisotopic (exact) mass is 292 g/mol. The highest BCUT2D eigenvalue weighted by molar-refractivity contribution is 5.11. The summed E-state index contributed by atoms with van der Waals surface area (Å²) in [5.74, 6) is 2.01. The maximum absolute atomic E-state index is 10.9. The SMILES string of the molecule is C[C@@]12CCC[C@H]1[C@@H]1[C@@H](O)[C@H](O)C3CCCC[C@]3(C)[C@H]1CC2. The second-order valence-corrected chi connectivity index (χ2v) is 9.21. The van der Waals surface area contributed by atoms with Crippen LogP contribution in [0, 0.1) is 34.5 Å². The Balaban J connectivity index is 1.73. The lowest BCUT2D eigenvalue weighted by Gasteiger charge is -2.62. The zero-order valence-electron chi connectivity index (χ0n) is 13.7. The van der Waals surface area contributed by atoms with Crippen LogP contribution in [0.25, 0.3) is 0 Å². The molecule has 4 rings (SSSR count). The van der Waals surface area contributed by atoms with Crippen molar-refractivity contribution in [1.82, 2.24) is 0 Å². The Morgan fingerprint density at radius 3 is 2.29 bits per heavy atom. The molecule has 2 heteroatoms. The molecule has 8 atom stereocenters. The van der Waals surface area contributed by atoms with Gasteiger partial charge in [-0.25, -0.2) is 0 Å². The van der Waals surface area contributed by atoms with Gasteiger partial charge in [-0.05, 0) is 73.0 Å². The molecule has 0 aromatic heterocycles. The lowest BCUT2D eigenvalue weighted by Crippen LogP contribution is -2.62. The van der Waals surface area contributed by atoms with E-state index >= 15 is 0 Å². The van der Waals surface area contributed by atoms with Gasteiger partial charge in [0.2, 0.25) is 0 Å². The Kier molecular flexibility index (Phi) is 3.25. The quantitative estimate of drug-likeness (QED) is 0.714. The molecule has 0 amide bonds. The van der Waals surface area contributed by atoms with Gasteiger partial charge < -0.3 is 10.2 Å². The van der Waals surface area contributed by atoms with Gasteiger partial charge in [0.1, 0.15) is 0 Å². The van der Waals surface area contributed by atoms with E-state index < -0.39 is 12.2 Å². The van der Waals surface area contributed by atoms with E-state index in [1.54, 1.807) is 0 Å². The molecule has 0 saturated heterocycles. The third-order valence-corrected chi connectivity index (χ3v) is 8.45. The van der Waals surface area contributed by atoms with Crippen LogP contribution in [0.15, 0.2) is 0 Å². The fourth-order valence-electron chi connectivity index (χ4n) is 7.30. The normalized spacial score (nSPS) is 60.0. The fraction of sp³-hybridized carbons (Fsp3) is 1.00. The number of fused-ring (bicyclic) bond motifs is 5. The van der Waals surface area contributed by atoms with Crippen LogP contribution in [-0.2, 0) is 0 Å². The zero-order valence-corrected chi connectivity index (χ0v) is 13.7. The predicted molar refractivity (Wildman–Crippen MR) is 83.7 cm³/mol. The van der Waals surface area contributed by atoms with E-state index in [4.69, 9.17) is 0 Å². The Morgan fingerprint density at radius 1 is 0.714 bits per heavy atom. The molecule has 0 aromatic carbocycles. The summed E-state index contributed by atoms with van der Waals surface area (Å²) in [6.07, 6.45) is 10.6. The molecule has 0 heterocycles. The molecule has 4 fully saturated rings. The topological polar surface area (TPSA) is 40.5 Å². The van der Waals surface area contributed by atoms with E-state index in [9.17, 15) is 10.2 Å². The van der Waals surface area contributed by atoms with Crippen LogP contribution in [0.4, 0.5) is 0 Å². The minimum atomic E-state index is -0.473. The molecule has 0 aromatic rings. The molecule has 4 aliphatic carbocycles. The highest BCUT2D eigenvalue weighted by atomic mass is 16.3. The Hall–Kier alpha value is -0.0800. The van der Waals surface area contributed by atoms with Crippen molar-refractivity contribution in [2.24, 2.45) is 34.5 Å². The van der Waals surface area contributed by atoms with Crippen LogP contribution in [-0.4, -0.2) is 22.4 Å². The van der Waals surface area contributed by atoms with Crippen molar-refractivity contribution in [3.8, 4) is 0 Å². The van der Waals surface area contributed by atoms with Gasteiger partial charge in [-0.2, -0.15) is 0 Å². The minimum absolute atomic E-state index is 0.283. The first-order chi connectivity index (χ1) is 9.97. The molecule has 2 nitrogen and oxygen atoms in total. The van der Waals surface area contributed by atoms with Crippen molar-refractivity contribution < 1.29 is 10.2 Å². The van der Waals surface area contributed by atoms with E-state index in [1.165, 1.54) is 51.4 Å². The smallest absolute Gasteiger partial charge is 0.0835 e. The first-order valence-electron chi connectivity index (χ1n) is 9.33. The van der Waals surface area contributed by atoms with Crippen molar-refractivity contribution in [1.29, 1.82) is 0 Å². The maximum atomic E-state index is 10.9. The van der Waals surface area contributed by atoms with Gasteiger partial charge in [-0.1, -0.05) is 33.1 Å². The summed E-state index contributed by atoms with van der Waals surface area (Å²) in [6, 6.07) is 0. The number of hydrogen-bond acceptors (Lipinski definition) is 2. The lowest BCUT2D eigenvalue weighted by atomic mass is 9.44. The zero-order chi connectivity index (χ0) is 14.8. The number of aliphatic hydroxyl groups excluding tert-OH is 2. The van der Waals surface area contributed by atoms with Crippen LogP contribution in [0.3, 0.4) is 0 Å². The summed E-state index contributed by atoms with van der Waals surface area (Å²) < 4.78 is 0. The maximum Gasteiger partial charge on any atom is 0.0835 e. The van der Waals surface area contributed by atoms with E-state index in [-0.39, 0.29) is 5.41 Å². The van der Waals surface area contributed by atoms with Crippen molar-refractivity contribution in [2.75, 3.05) is 0 Å². The van der Waals surface area contributed by atoms with E-state index in [2.05, 4.69) is 13.8 Å². The summed E-state index contributed by atoms with van der Waals surface area (Å²) >= 11 is 0. The van der Waals surface area contributed by atoms with Gasteiger partial charge in [0.05, 0.1) is 12.2 Å². The first-order valence-corrected chi connectivity index (χ1v) is 9.33. The summed E-state index contributed by atoms with van der Waals surface area (Å²) in [5, 5.41) is 21.8. The Labute approximate surface area is 129 Å². The second-order valence-electron chi connectivity index (χ2n) is 9.21. The standard InChI is InChI=1S/C19H32O2/c1-18-9-5-7-12(18)15-13(8-11-18)19(2)10-4-3-6-14(19)16(20)17(15)21/h12-17,20-21H,3-11H2,1-2H3/t12-,13-,14?,15-,16+,17+,18-,19+/m0/s1. The van der Waals surface area contributed by atoms with Crippen LogP contribution in [0.2, 0.25) is 0 Å². The number of aliphatic hydroxyl groups is 2. The average molecular weight is 292 g/mol. The molecule has 120 valence electrons. The molecule has 21 heavy (non-hydrogen) atoms. The van der Waals surface area contributed by atoms with Gasteiger partial charge in [-0.3, -0.25) is 0 Å². The average Bonchev–Trinajstić information content (AvgIpc) is 2.86. The van der Waals surface area contributed by atoms with Crippen molar-refractivity contribution in [3.63, 3.8) is 0 Å². The molecule has 4 aliphatic rings. The van der Waals surface area contributed by atoms with Crippen molar-refractivity contribution in [3.05, 3.63) is 0 Å². The van der Waals surface area contributed by atoms with Crippen molar-refractivity contribution >= 4 is 0 Å². The van der Waals surface area contributed by atoms with Crippen LogP contribution >= 0.6 is 0 Å². The van der Waals surface area contributed by atoms with Gasteiger partial charge in [0.25, 0.3) is 0 Å². The van der Waals surface area contributed by atoms with Gasteiger partial charge in [0, 0.05) is 0 Å². The van der Waals surface area contributed by atoms with Gasteiger partial charge >= 0.3 is 0 Å². The highest BCUT2D eigenvalue weighted by Crippen LogP contribution is 2.66. The third kappa shape index (κ3) is 1.84. The first kappa shape index (κ1) is 14.5. The summed E-state index contributed by atoms with van der Waals surface area (Å²) in [7, 11) is 0. The number of hydrogen-bond donors (Lipinski definition) is 2. The van der Waals surface area contributed by atoms with Crippen LogP contribution in [0.1, 0.15) is 71.6 Å². The van der Waals surface area contributed by atoms with Crippen LogP contribution in [0.5, 0.6) is 0 Å². The van der Waals surface area contributed by atoms with E-state index in [1.807, 2.05) is 0 Å². The molecular formula is C19H32O2.